The van der Waals surface area contributed by atoms with Crippen molar-refractivity contribution >= 4 is 11.8 Å². The van der Waals surface area contributed by atoms with E-state index in [0.29, 0.717) is 39.8 Å². The highest BCUT2D eigenvalue weighted by Gasteiger charge is 2.16. The smallest absolute Gasteiger partial charge is 0.237 e. The Balaban J connectivity index is 1.50. The second kappa shape index (κ2) is 7.69. The molecule has 10 heteroatoms. The van der Waals surface area contributed by atoms with Gasteiger partial charge in [0, 0.05) is 5.56 Å². The topological polar surface area (TPSA) is 105 Å². The number of hydrogen-bond donors (Lipinski definition) is 1. The average molecular weight is 398 g/mol. The van der Waals surface area contributed by atoms with Crippen molar-refractivity contribution in [2.75, 3.05) is 13.0 Å². The summed E-state index contributed by atoms with van der Waals surface area (Å²) in [5.41, 5.74) is 1.28. The molecule has 28 heavy (non-hydrogen) atoms. The van der Waals surface area contributed by atoms with Gasteiger partial charge in [-0.25, -0.2) is 9.07 Å². The van der Waals surface area contributed by atoms with E-state index in [1.54, 1.807) is 19.2 Å². The van der Waals surface area contributed by atoms with Gasteiger partial charge in [-0.05, 0) is 24.3 Å². The Morgan fingerprint density at radius 2 is 2.04 bits per heavy atom. The number of para-hydroxylation sites is 1. The van der Waals surface area contributed by atoms with Gasteiger partial charge in [-0.1, -0.05) is 41.2 Å². The van der Waals surface area contributed by atoms with E-state index in [0.717, 1.165) is 5.56 Å². The lowest BCUT2D eigenvalue weighted by Crippen LogP contribution is -2.11. The summed E-state index contributed by atoms with van der Waals surface area (Å²) < 4.78 is 25.3. The molecular formula is C18H15FN6O2S. The number of nitrogens with two attached hydrogens (primary N) is 1. The number of nitrogen functional groups attached to an aromatic ring is 1. The van der Waals surface area contributed by atoms with Gasteiger partial charge >= 0.3 is 0 Å². The third kappa shape index (κ3) is 3.54. The lowest BCUT2D eigenvalue weighted by Gasteiger charge is -2.03. The Kier molecular flexibility index (Phi) is 4.94. The van der Waals surface area contributed by atoms with Crippen molar-refractivity contribution in [1.82, 2.24) is 25.0 Å². The van der Waals surface area contributed by atoms with Gasteiger partial charge in [0.2, 0.25) is 16.9 Å². The summed E-state index contributed by atoms with van der Waals surface area (Å²) in [6, 6.07) is 13.4. The summed E-state index contributed by atoms with van der Waals surface area (Å²) in [6.07, 6.45) is 0. The molecule has 0 saturated carbocycles. The van der Waals surface area contributed by atoms with Crippen molar-refractivity contribution in [2.24, 2.45) is 0 Å². The van der Waals surface area contributed by atoms with Gasteiger partial charge in [0.25, 0.3) is 0 Å². The van der Waals surface area contributed by atoms with Crippen LogP contribution in [0, 0.1) is 5.82 Å². The minimum Gasteiger partial charge on any atom is -0.496 e. The molecule has 0 aliphatic heterocycles. The molecule has 0 spiro atoms. The summed E-state index contributed by atoms with van der Waals surface area (Å²) in [7, 11) is 1.58. The van der Waals surface area contributed by atoms with Crippen LogP contribution in [0.2, 0.25) is 0 Å². The summed E-state index contributed by atoms with van der Waals surface area (Å²) in [4.78, 5) is 4.38. The first-order chi connectivity index (χ1) is 13.7. The number of methoxy groups -OCH3 is 1. The second-order valence-electron chi connectivity index (χ2n) is 5.69. The maximum Gasteiger partial charge on any atom is 0.237 e. The molecule has 2 aromatic heterocycles. The largest absolute Gasteiger partial charge is 0.496 e. The molecule has 4 rings (SSSR count). The van der Waals surface area contributed by atoms with Gasteiger partial charge in [0.1, 0.15) is 11.6 Å². The van der Waals surface area contributed by atoms with Crippen LogP contribution >= 0.6 is 11.8 Å². The normalized spacial score (nSPS) is 10.9. The van der Waals surface area contributed by atoms with Crippen molar-refractivity contribution in [3.8, 4) is 28.5 Å². The predicted molar refractivity (Wildman–Crippen MR) is 101 cm³/mol. The van der Waals surface area contributed by atoms with Crippen LogP contribution in [0.15, 0.2) is 58.2 Å². The zero-order chi connectivity index (χ0) is 19.5. The second-order valence-corrected chi connectivity index (χ2v) is 6.63. The van der Waals surface area contributed by atoms with Crippen molar-refractivity contribution in [3.05, 3.63) is 60.2 Å². The Morgan fingerprint density at radius 1 is 1.18 bits per heavy atom. The van der Waals surface area contributed by atoms with Crippen LogP contribution in [-0.4, -0.2) is 32.1 Å². The lowest BCUT2D eigenvalue weighted by atomic mass is 10.2. The first kappa shape index (κ1) is 18.0. The van der Waals surface area contributed by atoms with E-state index >= 15 is 0 Å². The monoisotopic (exact) mass is 398 g/mol. The van der Waals surface area contributed by atoms with Gasteiger partial charge in [-0.15, -0.1) is 10.2 Å². The summed E-state index contributed by atoms with van der Waals surface area (Å²) in [6.45, 7) is 0. The number of halogens is 1. The minimum atomic E-state index is -0.371. The Bertz CT molecular complexity index is 1110. The van der Waals surface area contributed by atoms with Crippen molar-refractivity contribution < 1.29 is 13.7 Å². The molecule has 0 bridgehead atoms. The zero-order valence-corrected chi connectivity index (χ0v) is 15.6. The van der Waals surface area contributed by atoms with Crippen LogP contribution in [0.25, 0.3) is 22.8 Å². The number of aromatic nitrogens is 5. The zero-order valence-electron chi connectivity index (χ0n) is 14.7. The van der Waals surface area contributed by atoms with Gasteiger partial charge in [-0.2, -0.15) is 4.98 Å². The molecule has 0 atom stereocenters. The Morgan fingerprint density at radius 3 is 2.86 bits per heavy atom. The predicted octanol–water partition coefficient (Wildman–Crippen LogP) is 3.15. The third-order valence-electron chi connectivity index (χ3n) is 3.89. The van der Waals surface area contributed by atoms with Gasteiger partial charge in [-0.3, -0.25) is 0 Å². The standard InChI is InChI=1S/C18H15FN6O2S/c1-26-14-8-3-2-7-13(14)16-21-15(27-24-16)10-28-18-23-22-17(25(18)20)11-5-4-6-12(19)9-11/h2-9H,10,20H2,1H3. The molecule has 142 valence electrons. The fourth-order valence-electron chi connectivity index (χ4n) is 2.58. The molecule has 0 unspecified atom stereocenters. The molecule has 0 fully saturated rings. The van der Waals surface area contributed by atoms with Gasteiger partial charge < -0.3 is 15.1 Å². The molecule has 8 nitrogen and oxygen atoms in total. The molecule has 2 N–H and O–H groups in total. The van der Waals surface area contributed by atoms with E-state index in [1.807, 2.05) is 24.3 Å². The summed E-state index contributed by atoms with van der Waals surface area (Å²) >= 11 is 1.28. The molecular weight excluding hydrogens is 383 g/mol. The highest BCUT2D eigenvalue weighted by Crippen LogP contribution is 2.29. The van der Waals surface area contributed by atoms with Crippen molar-refractivity contribution in [3.63, 3.8) is 0 Å². The quantitative estimate of drug-likeness (QED) is 0.390. The first-order valence-electron chi connectivity index (χ1n) is 8.21. The van der Waals surface area contributed by atoms with E-state index in [2.05, 4.69) is 20.3 Å². The maximum absolute atomic E-state index is 13.4. The SMILES string of the molecule is COc1ccccc1-c1noc(CSc2nnc(-c3cccc(F)c3)n2N)n1. The molecule has 2 aromatic carbocycles. The van der Waals surface area contributed by atoms with E-state index in [-0.39, 0.29) is 5.82 Å². The van der Waals surface area contributed by atoms with Crippen LogP contribution in [0.1, 0.15) is 5.89 Å². The fourth-order valence-corrected chi connectivity index (χ4v) is 3.27. The molecule has 0 saturated heterocycles. The van der Waals surface area contributed by atoms with Gasteiger partial charge in [0.15, 0.2) is 5.82 Å². The number of ether oxygens (including phenoxy) is 1. The first-order valence-corrected chi connectivity index (χ1v) is 9.19. The van der Waals surface area contributed by atoms with E-state index < -0.39 is 0 Å². The lowest BCUT2D eigenvalue weighted by molar-refractivity contribution is 0.390. The number of benzene rings is 2. The van der Waals surface area contributed by atoms with Gasteiger partial charge in [0.05, 0.1) is 18.4 Å². The average Bonchev–Trinajstić information content (AvgIpc) is 3.33. The summed E-state index contributed by atoms with van der Waals surface area (Å²) in [5, 5.41) is 12.5. The number of thioether (sulfide) groups is 1. The molecule has 0 aliphatic carbocycles. The van der Waals surface area contributed by atoms with E-state index in [4.69, 9.17) is 15.1 Å². The highest BCUT2D eigenvalue weighted by atomic mass is 32.2. The van der Waals surface area contributed by atoms with Crippen LogP contribution in [-0.2, 0) is 5.75 Å². The number of nitrogens with zero attached hydrogens (tertiary/aromatic N) is 5. The number of hydrogen-bond acceptors (Lipinski definition) is 8. The Labute approximate surface area is 163 Å². The fraction of sp³-hybridized carbons (Fsp3) is 0.111. The summed E-state index contributed by atoms with van der Waals surface area (Å²) in [5.74, 6) is 7.88. The maximum atomic E-state index is 13.4. The van der Waals surface area contributed by atoms with Crippen LogP contribution in [0.3, 0.4) is 0 Å². The van der Waals surface area contributed by atoms with Crippen LogP contribution in [0.5, 0.6) is 5.75 Å². The van der Waals surface area contributed by atoms with Crippen molar-refractivity contribution in [1.29, 1.82) is 0 Å². The molecule has 0 aliphatic rings. The molecule has 0 amide bonds. The highest BCUT2D eigenvalue weighted by molar-refractivity contribution is 7.98. The van der Waals surface area contributed by atoms with Crippen LogP contribution < -0.4 is 10.6 Å². The molecule has 4 aromatic rings. The minimum absolute atomic E-state index is 0.348. The number of rotatable bonds is 6. The molecule has 0 radical (unpaired) electrons. The third-order valence-corrected chi connectivity index (χ3v) is 4.82. The van der Waals surface area contributed by atoms with E-state index in [1.165, 1.54) is 28.6 Å². The Hall–Kier alpha value is -3.40. The van der Waals surface area contributed by atoms with Crippen molar-refractivity contribution in [2.45, 2.75) is 10.9 Å². The molecule has 2 heterocycles. The van der Waals surface area contributed by atoms with E-state index in [9.17, 15) is 4.39 Å². The van der Waals surface area contributed by atoms with Crippen LogP contribution in [0.4, 0.5) is 4.39 Å².